The van der Waals surface area contributed by atoms with Crippen molar-refractivity contribution in [2.75, 3.05) is 12.3 Å². The van der Waals surface area contributed by atoms with Crippen LogP contribution < -0.4 is 5.32 Å². The quantitative estimate of drug-likeness (QED) is 0.424. The number of rotatable bonds is 6. The molecule has 3 rings (SSSR count). The molecule has 0 aliphatic rings. The summed E-state index contributed by atoms with van der Waals surface area (Å²) in [4.78, 5) is 4.42. The molecule has 1 aromatic carbocycles. The van der Waals surface area contributed by atoms with E-state index in [0.717, 1.165) is 33.9 Å². The molecule has 114 valence electrons. The van der Waals surface area contributed by atoms with Gasteiger partial charge in [0.05, 0.1) is 5.52 Å². The summed E-state index contributed by atoms with van der Waals surface area (Å²) in [5.74, 6) is 0.882. The maximum Gasteiger partial charge on any atom is 0.209 e. The molecule has 0 fully saturated rings. The molecule has 8 heteroatoms. The third-order valence-corrected chi connectivity index (χ3v) is 4.50. The maximum atomic E-state index is 6.23. The lowest BCUT2D eigenvalue weighted by Crippen LogP contribution is -2.17. The molecule has 0 unspecified atom stereocenters. The Morgan fingerprint density at radius 2 is 2.18 bits per heavy atom. The van der Waals surface area contributed by atoms with E-state index in [2.05, 4.69) is 31.9 Å². The molecule has 0 aliphatic carbocycles. The first-order chi connectivity index (χ1) is 10.7. The lowest BCUT2D eigenvalue weighted by atomic mass is 10.1. The van der Waals surface area contributed by atoms with Crippen LogP contribution in [0.3, 0.4) is 0 Å². The predicted octanol–water partition coefficient (Wildman–Crippen LogP) is 2.29. The van der Waals surface area contributed by atoms with Gasteiger partial charge in [0.1, 0.15) is 5.15 Å². The topological polar surface area (TPSA) is 68.5 Å². The predicted molar refractivity (Wildman–Crippen MR) is 88.0 cm³/mol. The van der Waals surface area contributed by atoms with E-state index in [4.69, 9.17) is 11.6 Å². The van der Waals surface area contributed by atoms with Crippen molar-refractivity contribution in [3.63, 3.8) is 0 Å². The highest BCUT2D eigenvalue weighted by Crippen LogP contribution is 2.20. The highest BCUT2D eigenvalue weighted by Gasteiger charge is 2.05. The number of hydrogen-bond acceptors (Lipinski definition) is 6. The lowest BCUT2D eigenvalue weighted by Gasteiger charge is -2.07. The number of benzene rings is 1. The van der Waals surface area contributed by atoms with Crippen LogP contribution in [0.2, 0.25) is 5.15 Å². The van der Waals surface area contributed by atoms with Crippen molar-refractivity contribution in [3.8, 4) is 0 Å². The fourth-order valence-electron chi connectivity index (χ4n) is 2.04. The van der Waals surface area contributed by atoms with Crippen LogP contribution >= 0.6 is 23.4 Å². The van der Waals surface area contributed by atoms with Crippen LogP contribution in [0.5, 0.6) is 0 Å². The Labute approximate surface area is 137 Å². The van der Waals surface area contributed by atoms with Crippen molar-refractivity contribution < 1.29 is 0 Å². The smallest absolute Gasteiger partial charge is 0.209 e. The number of pyridine rings is 1. The van der Waals surface area contributed by atoms with Crippen LogP contribution in [0.15, 0.2) is 35.5 Å². The summed E-state index contributed by atoms with van der Waals surface area (Å²) in [6.07, 6.45) is 0. The van der Waals surface area contributed by atoms with E-state index >= 15 is 0 Å². The Morgan fingerprint density at radius 3 is 3.00 bits per heavy atom. The fourth-order valence-corrected chi connectivity index (χ4v) is 3.00. The number of nitrogens with one attached hydrogen (secondary N) is 1. The molecule has 0 amide bonds. The van der Waals surface area contributed by atoms with Gasteiger partial charge in [0.2, 0.25) is 5.16 Å². The molecule has 3 aromatic rings. The number of fused-ring (bicyclic) bond motifs is 1. The van der Waals surface area contributed by atoms with Crippen molar-refractivity contribution in [1.82, 2.24) is 30.5 Å². The molecule has 0 saturated heterocycles. The zero-order valence-electron chi connectivity index (χ0n) is 12.0. The summed E-state index contributed by atoms with van der Waals surface area (Å²) in [6.45, 7) is 1.52. The number of para-hydroxylation sites is 1. The second-order valence-corrected chi connectivity index (χ2v) is 6.16. The monoisotopic (exact) mass is 334 g/mol. The Hall–Kier alpha value is -1.70. The van der Waals surface area contributed by atoms with Gasteiger partial charge in [-0.3, -0.25) is 0 Å². The number of halogens is 1. The van der Waals surface area contributed by atoms with E-state index in [-0.39, 0.29) is 0 Å². The molecule has 0 saturated carbocycles. The van der Waals surface area contributed by atoms with Gasteiger partial charge in [0.25, 0.3) is 0 Å². The number of aryl methyl sites for hydroxylation is 1. The van der Waals surface area contributed by atoms with E-state index in [1.165, 1.54) is 0 Å². The molecule has 22 heavy (non-hydrogen) atoms. The summed E-state index contributed by atoms with van der Waals surface area (Å²) < 4.78 is 1.66. The van der Waals surface area contributed by atoms with E-state index < -0.39 is 0 Å². The number of aromatic nitrogens is 5. The van der Waals surface area contributed by atoms with Gasteiger partial charge in [-0.25, -0.2) is 9.67 Å². The minimum Gasteiger partial charge on any atom is -0.312 e. The molecule has 1 N–H and O–H groups in total. The molecular weight excluding hydrogens is 320 g/mol. The average molecular weight is 335 g/mol. The number of tetrazole rings is 1. The van der Waals surface area contributed by atoms with Gasteiger partial charge < -0.3 is 5.32 Å². The zero-order valence-corrected chi connectivity index (χ0v) is 13.6. The highest BCUT2D eigenvalue weighted by molar-refractivity contribution is 7.99. The van der Waals surface area contributed by atoms with E-state index in [9.17, 15) is 0 Å². The van der Waals surface area contributed by atoms with Gasteiger partial charge in [0, 0.05) is 36.8 Å². The normalized spacial score (nSPS) is 11.2. The maximum absolute atomic E-state index is 6.23. The Bertz CT molecular complexity index is 775. The van der Waals surface area contributed by atoms with Crippen molar-refractivity contribution in [1.29, 1.82) is 0 Å². The van der Waals surface area contributed by atoms with Gasteiger partial charge in [0.15, 0.2) is 0 Å². The average Bonchev–Trinajstić information content (AvgIpc) is 2.92. The number of hydrogen-bond donors (Lipinski definition) is 1. The zero-order chi connectivity index (χ0) is 15.4. The van der Waals surface area contributed by atoms with Gasteiger partial charge in [-0.15, -0.1) is 5.10 Å². The summed E-state index contributed by atoms with van der Waals surface area (Å²) in [5.41, 5.74) is 1.92. The first-order valence-electron chi connectivity index (χ1n) is 6.84. The first-order valence-corrected chi connectivity index (χ1v) is 8.20. The molecule has 6 nitrogen and oxygen atoms in total. The van der Waals surface area contributed by atoms with E-state index in [1.54, 1.807) is 16.4 Å². The van der Waals surface area contributed by atoms with E-state index in [0.29, 0.717) is 11.7 Å². The van der Waals surface area contributed by atoms with Crippen molar-refractivity contribution in [3.05, 3.63) is 41.0 Å². The minimum absolute atomic E-state index is 0.552. The largest absolute Gasteiger partial charge is 0.312 e. The molecule has 2 heterocycles. The van der Waals surface area contributed by atoms with Crippen LogP contribution in [0, 0.1) is 0 Å². The second kappa shape index (κ2) is 7.04. The molecule has 2 aromatic heterocycles. The van der Waals surface area contributed by atoms with Gasteiger partial charge in [-0.05, 0) is 22.6 Å². The van der Waals surface area contributed by atoms with Crippen molar-refractivity contribution in [2.45, 2.75) is 11.7 Å². The molecular formula is C14H15ClN6S. The molecule has 0 spiro atoms. The van der Waals surface area contributed by atoms with Gasteiger partial charge >= 0.3 is 0 Å². The summed E-state index contributed by atoms with van der Waals surface area (Å²) >= 11 is 7.84. The van der Waals surface area contributed by atoms with Crippen LogP contribution in [-0.2, 0) is 13.6 Å². The molecule has 0 bridgehead atoms. The van der Waals surface area contributed by atoms with Crippen molar-refractivity contribution >= 4 is 34.3 Å². The summed E-state index contributed by atoms with van der Waals surface area (Å²) in [5, 5.41) is 17.2. The van der Waals surface area contributed by atoms with Crippen molar-refractivity contribution in [2.24, 2.45) is 7.05 Å². The Morgan fingerprint density at radius 1 is 1.32 bits per heavy atom. The van der Waals surface area contributed by atoms with Crippen LogP contribution in [0.1, 0.15) is 5.56 Å². The summed E-state index contributed by atoms with van der Waals surface area (Å²) in [7, 11) is 1.83. The first kappa shape index (κ1) is 15.2. The second-order valence-electron chi connectivity index (χ2n) is 4.74. The van der Waals surface area contributed by atoms with Crippen LogP contribution in [0.25, 0.3) is 10.9 Å². The van der Waals surface area contributed by atoms with Gasteiger partial charge in [-0.1, -0.05) is 41.6 Å². The SMILES string of the molecule is Cn1nnnc1SCCNCc1cc2ccccc2nc1Cl. The summed E-state index contributed by atoms with van der Waals surface area (Å²) in [6, 6.07) is 10.0. The lowest BCUT2D eigenvalue weighted by molar-refractivity contribution is 0.663. The third-order valence-electron chi connectivity index (χ3n) is 3.16. The van der Waals surface area contributed by atoms with E-state index in [1.807, 2.05) is 31.3 Å². The van der Waals surface area contributed by atoms with Crippen LogP contribution in [0.4, 0.5) is 0 Å². The molecule has 0 atom stereocenters. The number of thioether (sulfide) groups is 1. The van der Waals surface area contributed by atoms with Gasteiger partial charge in [-0.2, -0.15) is 0 Å². The molecule has 0 aliphatic heterocycles. The molecule has 0 radical (unpaired) electrons. The van der Waals surface area contributed by atoms with Crippen LogP contribution in [-0.4, -0.2) is 37.5 Å². The standard InChI is InChI=1S/C14H15ClN6S/c1-21-14(18-19-20-21)22-7-6-16-9-11-8-10-4-2-3-5-12(10)17-13(11)15/h2-5,8,16H,6-7,9H2,1H3. The highest BCUT2D eigenvalue weighted by atomic mass is 35.5. The number of nitrogens with zero attached hydrogens (tertiary/aromatic N) is 5. The minimum atomic E-state index is 0.552. The Kier molecular flexibility index (Phi) is 4.87. The third kappa shape index (κ3) is 3.55. The fraction of sp³-hybridized carbons (Fsp3) is 0.286. The Balaban J connectivity index is 1.53.